The standard InChI is InChI=1S/C15H16N4O/c1-9-14-11(3)19(18-15(14)10(2)17-16-9)12-7-5-6-8-13(12)20-4/h5-8H,1-4H3. The molecule has 0 atom stereocenters. The Morgan fingerprint density at radius 1 is 1.00 bits per heavy atom. The Morgan fingerprint density at radius 3 is 2.40 bits per heavy atom. The number of aryl methyl sites for hydroxylation is 3. The van der Waals surface area contributed by atoms with Gasteiger partial charge >= 0.3 is 0 Å². The zero-order valence-electron chi connectivity index (χ0n) is 12.0. The number of fused-ring (bicyclic) bond motifs is 1. The van der Waals surface area contributed by atoms with Crippen molar-refractivity contribution in [3.05, 3.63) is 41.3 Å². The molecule has 0 N–H and O–H groups in total. The first-order chi connectivity index (χ1) is 9.63. The van der Waals surface area contributed by atoms with Crippen molar-refractivity contribution in [3.8, 4) is 11.4 Å². The summed E-state index contributed by atoms with van der Waals surface area (Å²) < 4.78 is 7.31. The second-order valence-corrected chi connectivity index (χ2v) is 4.76. The molecule has 0 aliphatic carbocycles. The van der Waals surface area contributed by atoms with Crippen LogP contribution in [0.5, 0.6) is 5.75 Å². The van der Waals surface area contributed by atoms with Crippen molar-refractivity contribution in [2.45, 2.75) is 20.8 Å². The first-order valence-electron chi connectivity index (χ1n) is 6.46. The Hall–Kier alpha value is -2.43. The third kappa shape index (κ3) is 1.74. The molecular formula is C15H16N4O. The van der Waals surface area contributed by atoms with Crippen LogP contribution in [0.25, 0.3) is 16.6 Å². The van der Waals surface area contributed by atoms with Crippen LogP contribution in [0.3, 0.4) is 0 Å². The average Bonchev–Trinajstić information content (AvgIpc) is 2.82. The van der Waals surface area contributed by atoms with Gasteiger partial charge in [0.05, 0.1) is 24.2 Å². The summed E-state index contributed by atoms with van der Waals surface area (Å²) in [6.07, 6.45) is 0. The summed E-state index contributed by atoms with van der Waals surface area (Å²) >= 11 is 0. The third-order valence-electron chi connectivity index (χ3n) is 3.48. The van der Waals surface area contributed by atoms with Gasteiger partial charge in [0, 0.05) is 5.39 Å². The molecule has 0 amide bonds. The van der Waals surface area contributed by atoms with E-state index >= 15 is 0 Å². The molecule has 5 heteroatoms. The third-order valence-corrected chi connectivity index (χ3v) is 3.48. The number of benzene rings is 1. The van der Waals surface area contributed by atoms with Gasteiger partial charge in [-0.05, 0) is 32.9 Å². The number of rotatable bonds is 2. The van der Waals surface area contributed by atoms with Gasteiger partial charge in [0.25, 0.3) is 0 Å². The van der Waals surface area contributed by atoms with Crippen molar-refractivity contribution >= 4 is 10.9 Å². The highest BCUT2D eigenvalue weighted by Gasteiger charge is 2.16. The van der Waals surface area contributed by atoms with Crippen LogP contribution in [0.4, 0.5) is 0 Å². The van der Waals surface area contributed by atoms with Crippen molar-refractivity contribution in [1.82, 2.24) is 20.0 Å². The fourth-order valence-corrected chi connectivity index (χ4v) is 2.48. The number of methoxy groups -OCH3 is 1. The molecule has 0 spiro atoms. The second kappa shape index (κ2) is 4.59. The normalized spacial score (nSPS) is 11.0. The van der Waals surface area contributed by atoms with Crippen molar-refractivity contribution in [2.75, 3.05) is 7.11 Å². The topological polar surface area (TPSA) is 52.8 Å². The van der Waals surface area contributed by atoms with E-state index in [0.717, 1.165) is 39.4 Å². The van der Waals surface area contributed by atoms with Gasteiger partial charge in [-0.25, -0.2) is 4.68 Å². The Labute approximate surface area is 117 Å². The second-order valence-electron chi connectivity index (χ2n) is 4.76. The minimum atomic E-state index is 0.791. The highest BCUT2D eigenvalue weighted by Crippen LogP contribution is 2.28. The van der Waals surface area contributed by atoms with Crippen molar-refractivity contribution in [1.29, 1.82) is 0 Å². The van der Waals surface area contributed by atoms with Crippen LogP contribution in [0.15, 0.2) is 24.3 Å². The van der Waals surface area contributed by atoms with E-state index in [2.05, 4.69) is 15.3 Å². The monoisotopic (exact) mass is 268 g/mol. The van der Waals surface area contributed by atoms with E-state index in [-0.39, 0.29) is 0 Å². The minimum Gasteiger partial charge on any atom is -0.494 e. The van der Waals surface area contributed by atoms with Crippen molar-refractivity contribution in [2.24, 2.45) is 0 Å². The van der Waals surface area contributed by atoms with Gasteiger partial charge in [0.15, 0.2) is 0 Å². The lowest BCUT2D eigenvalue weighted by Crippen LogP contribution is -2.01. The number of ether oxygens (including phenoxy) is 1. The molecule has 3 aromatic rings. The van der Waals surface area contributed by atoms with Crippen molar-refractivity contribution in [3.63, 3.8) is 0 Å². The summed E-state index contributed by atoms with van der Waals surface area (Å²) in [5.41, 5.74) is 4.58. The van der Waals surface area contributed by atoms with E-state index in [0.29, 0.717) is 0 Å². The summed E-state index contributed by atoms with van der Waals surface area (Å²) in [5.74, 6) is 0.791. The van der Waals surface area contributed by atoms with Crippen LogP contribution in [0.1, 0.15) is 17.1 Å². The number of nitrogens with zero attached hydrogens (tertiary/aromatic N) is 4. The number of hydrogen-bond donors (Lipinski definition) is 0. The van der Waals surface area contributed by atoms with Crippen LogP contribution in [-0.4, -0.2) is 27.1 Å². The first-order valence-corrected chi connectivity index (χ1v) is 6.46. The van der Waals surface area contributed by atoms with E-state index in [1.54, 1.807) is 7.11 Å². The maximum atomic E-state index is 5.42. The maximum absolute atomic E-state index is 5.42. The highest BCUT2D eigenvalue weighted by molar-refractivity contribution is 5.85. The summed E-state index contributed by atoms with van der Waals surface area (Å²) in [5, 5.41) is 14.1. The molecule has 0 radical (unpaired) electrons. The zero-order valence-corrected chi connectivity index (χ0v) is 12.0. The Morgan fingerprint density at radius 2 is 1.70 bits per heavy atom. The molecule has 0 fully saturated rings. The lowest BCUT2D eigenvalue weighted by molar-refractivity contribution is 0.411. The number of aromatic nitrogens is 4. The van der Waals surface area contributed by atoms with E-state index < -0.39 is 0 Å². The maximum Gasteiger partial charge on any atom is 0.144 e. The van der Waals surface area contributed by atoms with Crippen LogP contribution in [0, 0.1) is 20.8 Å². The van der Waals surface area contributed by atoms with Gasteiger partial charge in [0.1, 0.15) is 17.0 Å². The highest BCUT2D eigenvalue weighted by atomic mass is 16.5. The molecule has 102 valence electrons. The lowest BCUT2D eigenvalue weighted by atomic mass is 10.2. The molecule has 0 aliphatic heterocycles. The minimum absolute atomic E-state index is 0.791. The van der Waals surface area contributed by atoms with Crippen LogP contribution < -0.4 is 4.74 Å². The molecule has 2 aromatic heterocycles. The molecule has 0 aliphatic rings. The number of para-hydroxylation sites is 2. The summed E-state index contributed by atoms with van der Waals surface area (Å²) in [4.78, 5) is 0. The van der Waals surface area contributed by atoms with Gasteiger partial charge in [0.2, 0.25) is 0 Å². The average molecular weight is 268 g/mol. The Kier molecular flexibility index (Phi) is 2.89. The molecule has 1 aromatic carbocycles. The predicted molar refractivity (Wildman–Crippen MR) is 77.4 cm³/mol. The van der Waals surface area contributed by atoms with Gasteiger partial charge < -0.3 is 4.74 Å². The van der Waals surface area contributed by atoms with E-state index in [1.807, 2.05) is 49.7 Å². The van der Waals surface area contributed by atoms with Gasteiger partial charge in [-0.1, -0.05) is 12.1 Å². The smallest absolute Gasteiger partial charge is 0.144 e. The molecule has 0 unspecified atom stereocenters. The molecule has 5 nitrogen and oxygen atoms in total. The van der Waals surface area contributed by atoms with Crippen LogP contribution in [0.2, 0.25) is 0 Å². The SMILES string of the molecule is COc1ccccc1-n1nc2c(C)nnc(C)c2c1C. The van der Waals surface area contributed by atoms with E-state index in [4.69, 9.17) is 4.74 Å². The Balaban J connectivity index is 2.36. The van der Waals surface area contributed by atoms with Crippen molar-refractivity contribution < 1.29 is 4.74 Å². The summed E-state index contributed by atoms with van der Waals surface area (Å²) in [6, 6.07) is 7.83. The molecular weight excluding hydrogens is 252 g/mol. The van der Waals surface area contributed by atoms with Crippen LogP contribution in [-0.2, 0) is 0 Å². The molecule has 0 bridgehead atoms. The number of hydrogen-bond acceptors (Lipinski definition) is 4. The molecule has 2 heterocycles. The quantitative estimate of drug-likeness (QED) is 0.717. The molecule has 0 saturated heterocycles. The van der Waals surface area contributed by atoms with E-state index in [1.165, 1.54) is 0 Å². The molecule has 20 heavy (non-hydrogen) atoms. The summed E-state index contributed by atoms with van der Waals surface area (Å²) in [6.45, 7) is 5.92. The van der Waals surface area contributed by atoms with Gasteiger partial charge in [-0.15, -0.1) is 0 Å². The predicted octanol–water partition coefficient (Wildman–Crippen LogP) is 2.75. The van der Waals surface area contributed by atoms with Gasteiger partial charge in [-0.2, -0.15) is 15.3 Å². The van der Waals surface area contributed by atoms with E-state index in [9.17, 15) is 0 Å². The fraction of sp³-hybridized carbons (Fsp3) is 0.267. The lowest BCUT2D eigenvalue weighted by Gasteiger charge is -2.09. The Bertz CT molecular complexity index is 792. The molecule has 3 rings (SSSR count). The molecule has 0 saturated carbocycles. The summed E-state index contributed by atoms with van der Waals surface area (Å²) in [7, 11) is 1.66. The zero-order chi connectivity index (χ0) is 14.3. The van der Waals surface area contributed by atoms with Crippen LogP contribution >= 0.6 is 0 Å². The first kappa shape index (κ1) is 12.6. The largest absolute Gasteiger partial charge is 0.494 e. The fourth-order valence-electron chi connectivity index (χ4n) is 2.48. The van der Waals surface area contributed by atoms with Gasteiger partial charge in [-0.3, -0.25) is 0 Å².